The highest BCUT2D eigenvalue weighted by atomic mass is 15.1. The number of hydrogen-bond donors (Lipinski definition) is 2. The third kappa shape index (κ3) is 2.12. The van der Waals surface area contributed by atoms with Gasteiger partial charge in [0.25, 0.3) is 0 Å². The summed E-state index contributed by atoms with van der Waals surface area (Å²) in [7, 11) is 0. The summed E-state index contributed by atoms with van der Waals surface area (Å²) in [6.45, 7) is 9.39. The first-order valence-electron chi connectivity index (χ1n) is 6.00. The van der Waals surface area contributed by atoms with Crippen molar-refractivity contribution >= 4 is 0 Å². The predicted molar refractivity (Wildman–Crippen MR) is 60.4 cm³/mol. The third-order valence-electron chi connectivity index (χ3n) is 4.03. The molecule has 1 heterocycles. The van der Waals surface area contributed by atoms with Crippen molar-refractivity contribution in [2.75, 3.05) is 13.1 Å². The van der Waals surface area contributed by atoms with Crippen LogP contribution in [-0.2, 0) is 0 Å². The van der Waals surface area contributed by atoms with Crippen LogP contribution in [0.15, 0.2) is 0 Å². The topological polar surface area (TPSA) is 24.1 Å². The predicted octanol–water partition coefficient (Wildman–Crippen LogP) is 1.91. The molecular weight excluding hydrogens is 172 g/mol. The van der Waals surface area contributed by atoms with E-state index in [4.69, 9.17) is 0 Å². The molecule has 1 spiro atoms. The molecule has 1 aliphatic heterocycles. The molecule has 1 saturated heterocycles. The summed E-state index contributed by atoms with van der Waals surface area (Å²) < 4.78 is 0. The van der Waals surface area contributed by atoms with Crippen LogP contribution in [0.2, 0.25) is 0 Å². The second-order valence-corrected chi connectivity index (χ2v) is 6.12. The Hall–Kier alpha value is -0.0800. The van der Waals surface area contributed by atoms with E-state index in [1.54, 1.807) is 0 Å². The van der Waals surface area contributed by atoms with Crippen LogP contribution >= 0.6 is 0 Å². The van der Waals surface area contributed by atoms with Crippen LogP contribution in [0.1, 0.15) is 46.5 Å². The standard InChI is InChI=1S/C12H24N2/c1-10-8-13-9-12(14-10)6-4-11(2,3)5-7-12/h10,13-14H,4-9H2,1-3H3/t10-/m1/s1. The lowest BCUT2D eigenvalue weighted by Crippen LogP contribution is -2.64. The molecule has 82 valence electrons. The molecule has 0 aromatic heterocycles. The Kier molecular flexibility index (Phi) is 2.61. The molecule has 14 heavy (non-hydrogen) atoms. The summed E-state index contributed by atoms with van der Waals surface area (Å²) in [5.74, 6) is 0. The average Bonchev–Trinajstić information content (AvgIpc) is 2.12. The minimum absolute atomic E-state index is 0.424. The number of hydrogen-bond acceptors (Lipinski definition) is 2. The molecule has 2 rings (SSSR count). The van der Waals surface area contributed by atoms with Gasteiger partial charge in [-0.25, -0.2) is 0 Å². The van der Waals surface area contributed by atoms with Crippen molar-refractivity contribution in [1.82, 2.24) is 10.6 Å². The smallest absolute Gasteiger partial charge is 0.0309 e. The van der Waals surface area contributed by atoms with E-state index in [1.807, 2.05) is 0 Å². The van der Waals surface area contributed by atoms with Gasteiger partial charge in [0.15, 0.2) is 0 Å². The Morgan fingerprint density at radius 1 is 1.07 bits per heavy atom. The molecular formula is C12H24N2. The first-order valence-corrected chi connectivity index (χ1v) is 6.00. The normalized spacial score (nSPS) is 35.8. The maximum atomic E-state index is 3.81. The molecule has 1 aliphatic carbocycles. The fourth-order valence-corrected chi connectivity index (χ4v) is 2.88. The zero-order valence-corrected chi connectivity index (χ0v) is 9.82. The van der Waals surface area contributed by atoms with Gasteiger partial charge in [-0.15, -0.1) is 0 Å². The van der Waals surface area contributed by atoms with Crippen LogP contribution in [0.5, 0.6) is 0 Å². The maximum Gasteiger partial charge on any atom is 0.0309 e. The van der Waals surface area contributed by atoms with Gasteiger partial charge in [-0.1, -0.05) is 13.8 Å². The van der Waals surface area contributed by atoms with Crippen molar-refractivity contribution in [3.63, 3.8) is 0 Å². The van der Waals surface area contributed by atoms with Crippen molar-refractivity contribution in [3.8, 4) is 0 Å². The SMILES string of the molecule is C[C@@H]1CNCC2(CCC(C)(C)CC2)N1. The molecule has 2 heteroatoms. The van der Waals surface area contributed by atoms with Crippen LogP contribution < -0.4 is 10.6 Å². The van der Waals surface area contributed by atoms with Gasteiger partial charge in [-0.2, -0.15) is 0 Å². The summed E-state index contributed by atoms with van der Waals surface area (Å²) in [5.41, 5.74) is 1.00. The van der Waals surface area contributed by atoms with Gasteiger partial charge in [-0.3, -0.25) is 0 Å². The molecule has 0 radical (unpaired) electrons. The van der Waals surface area contributed by atoms with E-state index in [9.17, 15) is 0 Å². The van der Waals surface area contributed by atoms with Gasteiger partial charge in [-0.05, 0) is 38.0 Å². The van der Waals surface area contributed by atoms with E-state index in [0.717, 1.165) is 6.54 Å². The molecule has 0 aromatic rings. The Morgan fingerprint density at radius 3 is 2.29 bits per heavy atom. The average molecular weight is 196 g/mol. The lowest BCUT2D eigenvalue weighted by Gasteiger charge is -2.48. The van der Waals surface area contributed by atoms with Crippen molar-refractivity contribution in [1.29, 1.82) is 0 Å². The molecule has 2 fully saturated rings. The van der Waals surface area contributed by atoms with Crippen LogP contribution in [0.3, 0.4) is 0 Å². The number of piperazine rings is 1. The van der Waals surface area contributed by atoms with E-state index >= 15 is 0 Å². The minimum Gasteiger partial charge on any atom is -0.313 e. The summed E-state index contributed by atoms with van der Waals surface area (Å²) in [6, 6.07) is 0.643. The minimum atomic E-state index is 0.424. The van der Waals surface area contributed by atoms with Gasteiger partial charge in [0.05, 0.1) is 0 Å². The third-order valence-corrected chi connectivity index (χ3v) is 4.03. The number of nitrogens with one attached hydrogen (secondary N) is 2. The van der Waals surface area contributed by atoms with Crippen LogP contribution in [0, 0.1) is 5.41 Å². The molecule has 0 bridgehead atoms. The Labute approximate surface area is 87.8 Å². The second kappa shape index (κ2) is 3.49. The van der Waals surface area contributed by atoms with Crippen molar-refractivity contribution in [2.45, 2.75) is 58.0 Å². The molecule has 1 atom stereocenters. The highest BCUT2D eigenvalue weighted by Gasteiger charge is 2.40. The molecule has 0 unspecified atom stereocenters. The zero-order valence-electron chi connectivity index (χ0n) is 9.82. The van der Waals surface area contributed by atoms with Crippen LogP contribution in [-0.4, -0.2) is 24.7 Å². The van der Waals surface area contributed by atoms with Gasteiger partial charge in [0, 0.05) is 24.7 Å². The fourth-order valence-electron chi connectivity index (χ4n) is 2.88. The van der Waals surface area contributed by atoms with Crippen molar-refractivity contribution in [3.05, 3.63) is 0 Å². The molecule has 2 aliphatic rings. The zero-order chi connectivity index (χ0) is 10.2. The van der Waals surface area contributed by atoms with Gasteiger partial charge >= 0.3 is 0 Å². The first-order chi connectivity index (χ1) is 6.52. The van der Waals surface area contributed by atoms with E-state index < -0.39 is 0 Å². The Morgan fingerprint density at radius 2 is 1.71 bits per heavy atom. The summed E-state index contributed by atoms with van der Waals surface area (Å²) >= 11 is 0. The fraction of sp³-hybridized carbons (Fsp3) is 1.00. The quantitative estimate of drug-likeness (QED) is 0.618. The monoisotopic (exact) mass is 196 g/mol. The van der Waals surface area contributed by atoms with E-state index in [-0.39, 0.29) is 0 Å². The lowest BCUT2D eigenvalue weighted by atomic mass is 9.68. The van der Waals surface area contributed by atoms with Gasteiger partial charge in [0.2, 0.25) is 0 Å². The Balaban J connectivity index is 1.98. The molecule has 0 aromatic carbocycles. The second-order valence-electron chi connectivity index (χ2n) is 6.12. The molecule has 1 saturated carbocycles. The van der Waals surface area contributed by atoms with Crippen molar-refractivity contribution in [2.24, 2.45) is 5.41 Å². The highest BCUT2D eigenvalue weighted by Crippen LogP contribution is 2.40. The maximum absolute atomic E-state index is 3.81. The van der Waals surface area contributed by atoms with Crippen LogP contribution in [0.4, 0.5) is 0 Å². The molecule has 0 amide bonds. The Bertz CT molecular complexity index is 200. The summed E-state index contributed by atoms with van der Waals surface area (Å²) in [4.78, 5) is 0. The number of rotatable bonds is 0. The summed E-state index contributed by atoms with van der Waals surface area (Å²) in [6.07, 6.45) is 5.43. The van der Waals surface area contributed by atoms with E-state index in [2.05, 4.69) is 31.4 Å². The van der Waals surface area contributed by atoms with Gasteiger partial charge < -0.3 is 10.6 Å². The first kappa shape index (κ1) is 10.4. The highest BCUT2D eigenvalue weighted by molar-refractivity contribution is 5.00. The lowest BCUT2D eigenvalue weighted by molar-refractivity contribution is 0.106. The summed E-state index contributed by atoms with van der Waals surface area (Å²) in [5, 5.41) is 7.37. The van der Waals surface area contributed by atoms with E-state index in [1.165, 1.54) is 32.2 Å². The van der Waals surface area contributed by atoms with Crippen molar-refractivity contribution < 1.29 is 0 Å². The van der Waals surface area contributed by atoms with E-state index in [0.29, 0.717) is 17.0 Å². The van der Waals surface area contributed by atoms with Crippen LogP contribution in [0.25, 0.3) is 0 Å². The molecule has 2 nitrogen and oxygen atoms in total. The van der Waals surface area contributed by atoms with Gasteiger partial charge in [0.1, 0.15) is 0 Å². The largest absolute Gasteiger partial charge is 0.313 e. The molecule has 2 N–H and O–H groups in total.